The van der Waals surface area contributed by atoms with Crippen LogP contribution in [-0.2, 0) is 0 Å². The molecule has 2 rings (SSSR count). The molecule has 0 radical (unpaired) electrons. The SMILES string of the molecule is CNCCC1CCN(C(=O)c2cc(F)c(C)cc2Cl)CC1. The summed E-state index contributed by atoms with van der Waals surface area (Å²) >= 11 is 6.09. The van der Waals surface area contributed by atoms with Gasteiger partial charge in [0, 0.05) is 13.1 Å². The fourth-order valence-corrected chi connectivity index (χ4v) is 3.05. The van der Waals surface area contributed by atoms with Gasteiger partial charge in [-0.25, -0.2) is 4.39 Å². The molecule has 0 bridgehead atoms. The van der Waals surface area contributed by atoms with Gasteiger partial charge in [-0.2, -0.15) is 0 Å². The number of hydrogen-bond donors (Lipinski definition) is 1. The smallest absolute Gasteiger partial charge is 0.255 e. The maximum atomic E-state index is 13.7. The number of nitrogens with zero attached hydrogens (tertiary/aromatic N) is 1. The predicted molar refractivity (Wildman–Crippen MR) is 83.3 cm³/mol. The minimum absolute atomic E-state index is 0.161. The van der Waals surface area contributed by atoms with E-state index in [0.29, 0.717) is 16.5 Å². The van der Waals surface area contributed by atoms with Crippen LogP contribution in [0.2, 0.25) is 5.02 Å². The molecular formula is C16H22ClFN2O. The zero-order valence-corrected chi connectivity index (χ0v) is 13.3. The number of rotatable bonds is 4. The van der Waals surface area contributed by atoms with Crippen molar-refractivity contribution in [1.29, 1.82) is 0 Å². The van der Waals surface area contributed by atoms with Crippen LogP contribution in [0.5, 0.6) is 0 Å². The first-order valence-corrected chi connectivity index (χ1v) is 7.80. The van der Waals surface area contributed by atoms with Crippen LogP contribution in [0.3, 0.4) is 0 Å². The van der Waals surface area contributed by atoms with Gasteiger partial charge in [-0.15, -0.1) is 0 Å². The maximum absolute atomic E-state index is 13.7. The molecule has 5 heteroatoms. The van der Waals surface area contributed by atoms with E-state index in [9.17, 15) is 9.18 Å². The summed E-state index contributed by atoms with van der Waals surface area (Å²) in [6, 6.07) is 2.77. The largest absolute Gasteiger partial charge is 0.339 e. The highest BCUT2D eigenvalue weighted by molar-refractivity contribution is 6.33. The van der Waals surface area contributed by atoms with Gasteiger partial charge in [0.25, 0.3) is 5.91 Å². The number of carbonyl (C=O) groups excluding carboxylic acids is 1. The summed E-state index contributed by atoms with van der Waals surface area (Å²) in [6.07, 6.45) is 3.14. The number of amides is 1. The molecule has 1 aliphatic heterocycles. The molecule has 0 saturated carbocycles. The molecule has 1 heterocycles. The second kappa shape index (κ2) is 7.23. The van der Waals surface area contributed by atoms with Crippen LogP contribution < -0.4 is 5.32 Å². The van der Waals surface area contributed by atoms with E-state index >= 15 is 0 Å². The molecule has 1 aliphatic rings. The molecule has 3 nitrogen and oxygen atoms in total. The minimum Gasteiger partial charge on any atom is -0.339 e. The van der Waals surface area contributed by atoms with E-state index < -0.39 is 0 Å². The van der Waals surface area contributed by atoms with Gasteiger partial charge in [0.2, 0.25) is 0 Å². The van der Waals surface area contributed by atoms with Crippen LogP contribution in [0, 0.1) is 18.7 Å². The Kier molecular flexibility index (Phi) is 5.59. The first-order valence-electron chi connectivity index (χ1n) is 7.42. The van der Waals surface area contributed by atoms with Crippen molar-refractivity contribution in [3.05, 3.63) is 34.1 Å². The molecule has 0 aromatic heterocycles. The minimum atomic E-state index is -0.383. The molecular weight excluding hydrogens is 291 g/mol. The summed E-state index contributed by atoms with van der Waals surface area (Å²) in [6.45, 7) is 4.09. The Morgan fingerprint density at radius 2 is 2.10 bits per heavy atom. The quantitative estimate of drug-likeness (QED) is 0.925. The molecule has 0 atom stereocenters. The standard InChI is InChI=1S/C16H22ClFN2O/c1-11-9-14(17)13(10-15(11)18)16(21)20-7-4-12(5-8-20)3-6-19-2/h9-10,12,19H,3-8H2,1-2H3. The summed E-state index contributed by atoms with van der Waals surface area (Å²) in [7, 11) is 1.95. The van der Waals surface area contributed by atoms with Crippen molar-refractivity contribution in [3.8, 4) is 0 Å². The van der Waals surface area contributed by atoms with Crippen LogP contribution in [0.4, 0.5) is 4.39 Å². The van der Waals surface area contributed by atoms with Crippen LogP contribution in [0.15, 0.2) is 12.1 Å². The normalized spacial score (nSPS) is 16.3. The summed E-state index contributed by atoms with van der Waals surface area (Å²) in [5.41, 5.74) is 0.732. The van der Waals surface area contributed by atoms with E-state index in [1.54, 1.807) is 11.8 Å². The zero-order valence-electron chi connectivity index (χ0n) is 12.6. The maximum Gasteiger partial charge on any atom is 0.255 e. The molecule has 21 heavy (non-hydrogen) atoms. The molecule has 1 aromatic rings. The Balaban J connectivity index is 2.00. The molecule has 0 spiro atoms. The molecule has 1 N–H and O–H groups in total. The van der Waals surface area contributed by atoms with Crippen molar-refractivity contribution in [2.24, 2.45) is 5.92 Å². The lowest BCUT2D eigenvalue weighted by Crippen LogP contribution is -2.39. The van der Waals surface area contributed by atoms with Crippen LogP contribution in [-0.4, -0.2) is 37.5 Å². The predicted octanol–water partition coefficient (Wildman–Crippen LogP) is 3.25. The molecule has 1 saturated heterocycles. The second-order valence-electron chi connectivity index (χ2n) is 5.71. The highest BCUT2D eigenvalue weighted by atomic mass is 35.5. The molecule has 116 valence electrons. The average molecular weight is 313 g/mol. The Bertz CT molecular complexity index is 513. The Hall–Kier alpha value is -1.13. The highest BCUT2D eigenvalue weighted by Crippen LogP contribution is 2.25. The number of likely N-dealkylation sites (tertiary alicyclic amines) is 1. The van der Waals surface area contributed by atoms with Crippen LogP contribution >= 0.6 is 11.6 Å². The van der Waals surface area contributed by atoms with Crippen molar-refractivity contribution >= 4 is 17.5 Å². The molecule has 0 aliphatic carbocycles. The van der Waals surface area contributed by atoms with Crippen LogP contribution in [0.25, 0.3) is 0 Å². The number of hydrogen-bond acceptors (Lipinski definition) is 2. The van der Waals surface area contributed by atoms with E-state index in [-0.39, 0.29) is 17.3 Å². The fourth-order valence-electron chi connectivity index (χ4n) is 2.75. The van der Waals surface area contributed by atoms with E-state index in [4.69, 9.17) is 11.6 Å². The zero-order chi connectivity index (χ0) is 15.4. The number of piperidine rings is 1. The lowest BCUT2D eigenvalue weighted by Gasteiger charge is -2.32. The van der Waals surface area contributed by atoms with Gasteiger partial charge in [-0.05, 0) is 63.4 Å². The number of aryl methyl sites for hydroxylation is 1. The molecule has 1 aromatic carbocycles. The highest BCUT2D eigenvalue weighted by Gasteiger charge is 2.25. The van der Waals surface area contributed by atoms with Gasteiger partial charge < -0.3 is 10.2 Å². The average Bonchev–Trinajstić information content (AvgIpc) is 2.48. The van der Waals surface area contributed by atoms with E-state index in [2.05, 4.69) is 5.32 Å². The number of nitrogens with one attached hydrogen (secondary N) is 1. The first kappa shape index (κ1) is 16.2. The van der Waals surface area contributed by atoms with Gasteiger partial charge in [0.05, 0.1) is 10.6 Å². The lowest BCUT2D eigenvalue weighted by molar-refractivity contribution is 0.0687. The Labute approximate surface area is 130 Å². The number of benzene rings is 1. The molecule has 0 unspecified atom stereocenters. The van der Waals surface area contributed by atoms with Crippen molar-refractivity contribution in [1.82, 2.24) is 10.2 Å². The second-order valence-corrected chi connectivity index (χ2v) is 6.12. The summed E-state index contributed by atoms with van der Waals surface area (Å²) < 4.78 is 13.7. The third-order valence-electron chi connectivity index (χ3n) is 4.18. The van der Waals surface area contributed by atoms with Crippen LogP contribution in [0.1, 0.15) is 35.2 Å². The summed E-state index contributed by atoms with van der Waals surface area (Å²) in [4.78, 5) is 14.3. The molecule has 1 amide bonds. The Morgan fingerprint density at radius 3 is 2.71 bits per heavy atom. The van der Waals surface area contributed by atoms with Crippen molar-refractivity contribution < 1.29 is 9.18 Å². The van der Waals surface area contributed by atoms with E-state index in [1.807, 2.05) is 7.05 Å². The van der Waals surface area contributed by atoms with Gasteiger partial charge in [-0.1, -0.05) is 11.6 Å². The summed E-state index contributed by atoms with van der Waals surface area (Å²) in [5, 5.41) is 3.48. The van der Waals surface area contributed by atoms with Gasteiger partial charge >= 0.3 is 0 Å². The first-order chi connectivity index (χ1) is 10.0. The number of halogens is 2. The van der Waals surface area contributed by atoms with Gasteiger partial charge in [-0.3, -0.25) is 4.79 Å². The third kappa shape index (κ3) is 3.95. The summed E-state index contributed by atoms with van der Waals surface area (Å²) in [5.74, 6) is 0.115. The number of carbonyl (C=O) groups is 1. The van der Waals surface area contributed by atoms with Gasteiger partial charge in [0.1, 0.15) is 5.82 Å². The molecule has 1 fully saturated rings. The lowest BCUT2D eigenvalue weighted by atomic mass is 9.93. The Morgan fingerprint density at radius 1 is 1.43 bits per heavy atom. The third-order valence-corrected chi connectivity index (χ3v) is 4.50. The van der Waals surface area contributed by atoms with Crippen molar-refractivity contribution in [2.45, 2.75) is 26.2 Å². The van der Waals surface area contributed by atoms with E-state index in [0.717, 1.165) is 38.9 Å². The fraction of sp³-hybridized carbons (Fsp3) is 0.562. The topological polar surface area (TPSA) is 32.3 Å². The van der Waals surface area contributed by atoms with Crippen molar-refractivity contribution in [2.75, 3.05) is 26.7 Å². The monoisotopic (exact) mass is 312 g/mol. The van der Waals surface area contributed by atoms with Gasteiger partial charge in [0.15, 0.2) is 0 Å². The van der Waals surface area contributed by atoms with Crippen molar-refractivity contribution in [3.63, 3.8) is 0 Å². The van der Waals surface area contributed by atoms with E-state index in [1.165, 1.54) is 12.1 Å².